The van der Waals surface area contributed by atoms with Gasteiger partial charge in [-0.3, -0.25) is 0 Å². The zero-order valence-corrected chi connectivity index (χ0v) is 9.77. The summed E-state index contributed by atoms with van der Waals surface area (Å²) in [5.74, 6) is 0.982. The Balaban J connectivity index is 0.000000396. The molecule has 1 spiro atoms. The Bertz CT molecular complexity index is 155. The average molecular weight is 183 g/mol. The van der Waals surface area contributed by atoms with Crippen LogP contribution in [0.2, 0.25) is 0 Å². The highest BCUT2D eigenvalue weighted by molar-refractivity contribution is 4.99. The Hall–Kier alpha value is -0.0400. The van der Waals surface area contributed by atoms with Crippen LogP contribution in [0.5, 0.6) is 0 Å². The van der Waals surface area contributed by atoms with E-state index in [2.05, 4.69) is 18.9 Å². The highest BCUT2D eigenvalue weighted by Gasteiger charge is 2.43. The van der Waals surface area contributed by atoms with Crippen LogP contribution in [0.25, 0.3) is 0 Å². The molecule has 0 bridgehead atoms. The quantitative estimate of drug-likeness (QED) is 0.557. The number of likely N-dealkylation sites (tertiary alicyclic amines) is 1. The fourth-order valence-electron chi connectivity index (χ4n) is 3.01. The molecule has 0 N–H and O–H groups in total. The van der Waals surface area contributed by atoms with Gasteiger partial charge in [-0.25, -0.2) is 0 Å². The van der Waals surface area contributed by atoms with Gasteiger partial charge in [0, 0.05) is 5.54 Å². The Morgan fingerprint density at radius 3 is 2.31 bits per heavy atom. The summed E-state index contributed by atoms with van der Waals surface area (Å²) < 4.78 is 0. The third-order valence-corrected chi connectivity index (χ3v) is 3.78. The van der Waals surface area contributed by atoms with Gasteiger partial charge in [-0.1, -0.05) is 20.8 Å². The molecule has 0 aromatic carbocycles. The van der Waals surface area contributed by atoms with E-state index in [9.17, 15) is 0 Å². The molecule has 1 aliphatic carbocycles. The SMILES string of the molecule is CC.CC1CC[C@]2(CCCN2C)C1. The first-order chi connectivity index (χ1) is 6.23. The summed E-state index contributed by atoms with van der Waals surface area (Å²) in [6, 6.07) is 0. The van der Waals surface area contributed by atoms with Crippen molar-refractivity contribution in [3.63, 3.8) is 0 Å². The third kappa shape index (κ3) is 2.07. The normalized spacial score (nSPS) is 39.2. The van der Waals surface area contributed by atoms with Crippen molar-refractivity contribution in [3.05, 3.63) is 0 Å². The van der Waals surface area contributed by atoms with Crippen molar-refractivity contribution < 1.29 is 0 Å². The second-order valence-electron chi connectivity index (χ2n) is 4.60. The molecule has 78 valence electrons. The molecule has 2 fully saturated rings. The van der Waals surface area contributed by atoms with Crippen LogP contribution >= 0.6 is 0 Å². The van der Waals surface area contributed by atoms with Gasteiger partial charge in [-0.2, -0.15) is 0 Å². The van der Waals surface area contributed by atoms with E-state index in [0.29, 0.717) is 5.54 Å². The maximum atomic E-state index is 2.61. The summed E-state index contributed by atoms with van der Waals surface area (Å²) in [7, 11) is 2.31. The Labute approximate surface area is 83.5 Å². The van der Waals surface area contributed by atoms with E-state index in [-0.39, 0.29) is 0 Å². The monoisotopic (exact) mass is 183 g/mol. The van der Waals surface area contributed by atoms with E-state index in [1.165, 1.54) is 38.6 Å². The molecular formula is C12H25N. The maximum absolute atomic E-state index is 2.61. The smallest absolute Gasteiger partial charge is 0.0209 e. The molecule has 0 radical (unpaired) electrons. The Morgan fingerprint density at radius 2 is 1.92 bits per heavy atom. The summed E-state index contributed by atoms with van der Waals surface area (Å²) in [5.41, 5.74) is 0.652. The molecule has 0 amide bonds. The lowest BCUT2D eigenvalue weighted by Crippen LogP contribution is -2.38. The number of hydrogen-bond donors (Lipinski definition) is 0. The highest BCUT2D eigenvalue weighted by Crippen LogP contribution is 2.44. The predicted octanol–water partition coefficient (Wildman–Crippen LogP) is 3.30. The molecule has 1 heterocycles. The first kappa shape index (κ1) is 11.0. The van der Waals surface area contributed by atoms with E-state index >= 15 is 0 Å². The van der Waals surface area contributed by atoms with Crippen LogP contribution in [0.15, 0.2) is 0 Å². The van der Waals surface area contributed by atoms with Gasteiger partial charge in [-0.15, -0.1) is 0 Å². The average Bonchev–Trinajstić information content (AvgIpc) is 2.67. The molecule has 1 saturated carbocycles. The van der Waals surface area contributed by atoms with Crippen molar-refractivity contribution in [1.82, 2.24) is 4.90 Å². The molecule has 2 rings (SSSR count). The fourth-order valence-corrected chi connectivity index (χ4v) is 3.01. The van der Waals surface area contributed by atoms with E-state index in [0.717, 1.165) is 5.92 Å². The third-order valence-electron chi connectivity index (χ3n) is 3.78. The van der Waals surface area contributed by atoms with Crippen LogP contribution in [-0.4, -0.2) is 24.0 Å². The minimum absolute atomic E-state index is 0.652. The van der Waals surface area contributed by atoms with Crippen LogP contribution < -0.4 is 0 Å². The minimum Gasteiger partial charge on any atom is -0.301 e. The lowest BCUT2D eigenvalue weighted by atomic mass is 9.93. The van der Waals surface area contributed by atoms with Crippen LogP contribution in [0.3, 0.4) is 0 Å². The summed E-state index contributed by atoms with van der Waals surface area (Å²) in [6.45, 7) is 7.74. The minimum atomic E-state index is 0.652. The first-order valence-electron chi connectivity index (χ1n) is 5.94. The number of nitrogens with zero attached hydrogens (tertiary/aromatic N) is 1. The van der Waals surface area contributed by atoms with Crippen molar-refractivity contribution in [2.45, 2.75) is 58.4 Å². The van der Waals surface area contributed by atoms with Gasteiger partial charge in [-0.05, 0) is 51.6 Å². The molecule has 1 unspecified atom stereocenters. The molecule has 0 aromatic rings. The standard InChI is InChI=1S/C10H19N.C2H6/c1-9-4-6-10(8-9)5-3-7-11(10)2;1-2/h9H,3-8H2,1-2H3;1-2H3/t9?,10-;/m1./s1. The Morgan fingerprint density at radius 1 is 1.23 bits per heavy atom. The second kappa shape index (κ2) is 4.45. The van der Waals surface area contributed by atoms with Gasteiger partial charge in [0.1, 0.15) is 0 Å². The zero-order chi connectivity index (χ0) is 9.90. The van der Waals surface area contributed by atoms with Crippen LogP contribution in [0.4, 0.5) is 0 Å². The predicted molar refractivity (Wildman–Crippen MR) is 59.0 cm³/mol. The topological polar surface area (TPSA) is 3.24 Å². The highest BCUT2D eigenvalue weighted by atomic mass is 15.2. The molecule has 0 aromatic heterocycles. The van der Waals surface area contributed by atoms with E-state index in [1.54, 1.807) is 0 Å². The van der Waals surface area contributed by atoms with Gasteiger partial charge >= 0.3 is 0 Å². The summed E-state index contributed by atoms with van der Waals surface area (Å²) in [4.78, 5) is 2.61. The fraction of sp³-hybridized carbons (Fsp3) is 1.00. The van der Waals surface area contributed by atoms with Crippen LogP contribution in [0.1, 0.15) is 52.9 Å². The van der Waals surface area contributed by atoms with E-state index in [1.807, 2.05) is 13.8 Å². The molecule has 1 saturated heterocycles. The van der Waals surface area contributed by atoms with Gasteiger partial charge in [0.15, 0.2) is 0 Å². The summed E-state index contributed by atoms with van der Waals surface area (Å²) in [6.07, 6.45) is 7.29. The molecule has 13 heavy (non-hydrogen) atoms. The van der Waals surface area contributed by atoms with Crippen molar-refractivity contribution in [2.75, 3.05) is 13.6 Å². The zero-order valence-electron chi connectivity index (χ0n) is 9.77. The summed E-state index contributed by atoms with van der Waals surface area (Å²) >= 11 is 0. The summed E-state index contributed by atoms with van der Waals surface area (Å²) in [5, 5.41) is 0. The molecular weight excluding hydrogens is 158 g/mol. The van der Waals surface area contributed by atoms with Crippen molar-refractivity contribution in [1.29, 1.82) is 0 Å². The number of rotatable bonds is 0. The van der Waals surface area contributed by atoms with Gasteiger partial charge < -0.3 is 4.90 Å². The molecule has 1 nitrogen and oxygen atoms in total. The molecule has 1 aliphatic heterocycles. The van der Waals surface area contributed by atoms with Gasteiger partial charge in [0.2, 0.25) is 0 Å². The molecule has 1 heteroatoms. The van der Waals surface area contributed by atoms with Crippen molar-refractivity contribution in [3.8, 4) is 0 Å². The molecule has 2 aliphatic rings. The molecule has 2 atom stereocenters. The van der Waals surface area contributed by atoms with Crippen molar-refractivity contribution >= 4 is 0 Å². The van der Waals surface area contributed by atoms with E-state index in [4.69, 9.17) is 0 Å². The van der Waals surface area contributed by atoms with Crippen molar-refractivity contribution in [2.24, 2.45) is 5.92 Å². The number of hydrogen-bond acceptors (Lipinski definition) is 1. The van der Waals surface area contributed by atoms with Crippen LogP contribution in [0, 0.1) is 5.92 Å². The largest absolute Gasteiger partial charge is 0.301 e. The van der Waals surface area contributed by atoms with Gasteiger partial charge in [0.25, 0.3) is 0 Å². The Kier molecular flexibility index (Phi) is 3.78. The second-order valence-corrected chi connectivity index (χ2v) is 4.60. The lowest BCUT2D eigenvalue weighted by molar-refractivity contribution is 0.175. The lowest BCUT2D eigenvalue weighted by Gasteiger charge is -2.32. The van der Waals surface area contributed by atoms with E-state index < -0.39 is 0 Å². The maximum Gasteiger partial charge on any atom is 0.0209 e. The van der Waals surface area contributed by atoms with Gasteiger partial charge in [0.05, 0.1) is 0 Å². The first-order valence-corrected chi connectivity index (χ1v) is 5.94. The van der Waals surface area contributed by atoms with Crippen LogP contribution in [-0.2, 0) is 0 Å².